The summed E-state index contributed by atoms with van der Waals surface area (Å²) in [5, 5.41) is 2.76. The molecule has 1 amide bonds. The van der Waals surface area contributed by atoms with Crippen molar-refractivity contribution in [1.82, 2.24) is 0 Å². The van der Waals surface area contributed by atoms with Gasteiger partial charge in [-0.15, -0.1) is 0 Å². The number of para-hydroxylation sites is 2. The lowest BCUT2D eigenvalue weighted by molar-refractivity contribution is -0.115. The molecule has 1 aliphatic heterocycles. The Morgan fingerprint density at radius 2 is 1.84 bits per heavy atom. The molecule has 3 rings (SSSR count). The summed E-state index contributed by atoms with van der Waals surface area (Å²) in [4.78, 5) is 14.8. The van der Waals surface area contributed by atoms with Gasteiger partial charge in [-0.2, -0.15) is 0 Å². The summed E-state index contributed by atoms with van der Waals surface area (Å²) < 4.78 is 23.8. The highest BCUT2D eigenvalue weighted by atomic mass is 32.2. The SMILES string of the molecule is C[C@@H]1CCc2ccccc2N1CC(=O)Nc1ccccc1S(C)(=O)=O. The molecular weight excluding hydrogens is 336 g/mol. The number of fused-ring (bicyclic) bond motifs is 1. The van der Waals surface area contributed by atoms with Crippen molar-refractivity contribution in [2.75, 3.05) is 23.0 Å². The van der Waals surface area contributed by atoms with Gasteiger partial charge < -0.3 is 10.2 Å². The third kappa shape index (κ3) is 3.85. The predicted octanol–water partition coefficient (Wildman–Crippen LogP) is 2.87. The molecular formula is C19H22N2O3S. The maximum absolute atomic E-state index is 12.6. The number of benzene rings is 2. The minimum absolute atomic E-state index is 0.135. The lowest BCUT2D eigenvalue weighted by Gasteiger charge is -2.36. The van der Waals surface area contributed by atoms with Gasteiger partial charge in [-0.05, 0) is 43.5 Å². The molecule has 5 nitrogen and oxygen atoms in total. The summed E-state index contributed by atoms with van der Waals surface area (Å²) in [5.74, 6) is -0.223. The normalized spacial score (nSPS) is 17.0. The Labute approximate surface area is 148 Å². The van der Waals surface area contributed by atoms with E-state index in [0.717, 1.165) is 24.8 Å². The fourth-order valence-electron chi connectivity index (χ4n) is 3.24. The molecule has 2 aromatic carbocycles. The number of carbonyl (C=O) groups excluding carboxylic acids is 1. The molecule has 0 bridgehead atoms. The molecule has 1 N–H and O–H groups in total. The van der Waals surface area contributed by atoms with Gasteiger partial charge in [0.2, 0.25) is 5.91 Å². The van der Waals surface area contributed by atoms with E-state index in [0.29, 0.717) is 5.69 Å². The van der Waals surface area contributed by atoms with Gasteiger partial charge in [0.1, 0.15) is 0 Å². The molecule has 0 aliphatic carbocycles. The first-order valence-corrected chi connectivity index (χ1v) is 10.2. The molecule has 0 aromatic heterocycles. The highest BCUT2D eigenvalue weighted by Gasteiger charge is 2.25. The van der Waals surface area contributed by atoms with Crippen molar-refractivity contribution < 1.29 is 13.2 Å². The van der Waals surface area contributed by atoms with Crippen LogP contribution < -0.4 is 10.2 Å². The zero-order valence-electron chi connectivity index (χ0n) is 14.4. The van der Waals surface area contributed by atoms with Crippen molar-refractivity contribution >= 4 is 27.1 Å². The molecule has 0 saturated carbocycles. The lowest BCUT2D eigenvalue weighted by atomic mass is 9.96. The number of sulfone groups is 1. The number of amides is 1. The van der Waals surface area contributed by atoms with Crippen LogP contribution in [-0.4, -0.2) is 33.2 Å². The second-order valence-electron chi connectivity index (χ2n) is 6.46. The summed E-state index contributed by atoms with van der Waals surface area (Å²) in [5.41, 5.74) is 2.64. The number of carbonyl (C=O) groups is 1. The topological polar surface area (TPSA) is 66.5 Å². The van der Waals surface area contributed by atoms with Crippen molar-refractivity contribution in [2.45, 2.75) is 30.7 Å². The quantitative estimate of drug-likeness (QED) is 0.913. The van der Waals surface area contributed by atoms with Crippen molar-refractivity contribution in [3.05, 3.63) is 54.1 Å². The Balaban J connectivity index is 1.81. The van der Waals surface area contributed by atoms with Gasteiger partial charge in [0.25, 0.3) is 0 Å². The molecule has 0 fully saturated rings. The molecule has 6 heteroatoms. The van der Waals surface area contributed by atoms with Gasteiger partial charge in [-0.3, -0.25) is 4.79 Å². The van der Waals surface area contributed by atoms with Crippen LogP contribution in [0.4, 0.5) is 11.4 Å². The zero-order chi connectivity index (χ0) is 18.0. The number of anilines is 2. The minimum atomic E-state index is -3.40. The molecule has 0 spiro atoms. The Kier molecular flexibility index (Phi) is 4.81. The summed E-state index contributed by atoms with van der Waals surface area (Å²) >= 11 is 0. The lowest BCUT2D eigenvalue weighted by Crippen LogP contribution is -2.42. The molecule has 0 radical (unpaired) electrons. The average molecular weight is 358 g/mol. The molecule has 25 heavy (non-hydrogen) atoms. The summed E-state index contributed by atoms with van der Waals surface area (Å²) in [6.45, 7) is 2.30. The van der Waals surface area contributed by atoms with E-state index in [2.05, 4.69) is 23.2 Å². The first-order chi connectivity index (χ1) is 11.9. The van der Waals surface area contributed by atoms with Gasteiger partial charge in [-0.1, -0.05) is 30.3 Å². The van der Waals surface area contributed by atoms with Crippen LogP contribution in [0.2, 0.25) is 0 Å². The summed E-state index contributed by atoms with van der Waals surface area (Å²) in [7, 11) is -3.40. The number of nitrogens with zero attached hydrogens (tertiary/aromatic N) is 1. The largest absolute Gasteiger partial charge is 0.359 e. The second kappa shape index (κ2) is 6.88. The molecule has 1 heterocycles. The van der Waals surface area contributed by atoms with Crippen LogP contribution in [0.1, 0.15) is 18.9 Å². The summed E-state index contributed by atoms with van der Waals surface area (Å²) in [6, 6.07) is 14.8. The van der Waals surface area contributed by atoms with Crippen LogP contribution in [0.3, 0.4) is 0 Å². The van der Waals surface area contributed by atoms with Gasteiger partial charge in [0.15, 0.2) is 9.84 Å². The van der Waals surface area contributed by atoms with E-state index in [1.165, 1.54) is 11.6 Å². The van der Waals surface area contributed by atoms with Gasteiger partial charge in [0.05, 0.1) is 17.1 Å². The predicted molar refractivity (Wildman–Crippen MR) is 99.8 cm³/mol. The minimum Gasteiger partial charge on any atom is -0.359 e. The second-order valence-corrected chi connectivity index (χ2v) is 8.44. The fourth-order valence-corrected chi connectivity index (χ4v) is 4.08. The van der Waals surface area contributed by atoms with Crippen LogP contribution in [0.25, 0.3) is 0 Å². The van der Waals surface area contributed by atoms with Crippen molar-refractivity contribution in [2.24, 2.45) is 0 Å². The summed E-state index contributed by atoms with van der Waals surface area (Å²) in [6.07, 6.45) is 3.14. The molecule has 2 aromatic rings. The van der Waals surface area contributed by atoms with Crippen LogP contribution in [0.15, 0.2) is 53.4 Å². The monoisotopic (exact) mass is 358 g/mol. The Morgan fingerprint density at radius 1 is 1.16 bits per heavy atom. The van der Waals surface area contributed by atoms with E-state index >= 15 is 0 Å². The Morgan fingerprint density at radius 3 is 2.60 bits per heavy atom. The number of rotatable bonds is 4. The van der Waals surface area contributed by atoms with Crippen LogP contribution in [0, 0.1) is 0 Å². The average Bonchev–Trinajstić information content (AvgIpc) is 2.57. The third-order valence-corrected chi connectivity index (χ3v) is 5.69. The van der Waals surface area contributed by atoms with E-state index in [-0.39, 0.29) is 23.4 Å². The van der Waals surface area contributed by atoms with E-state index in [1.54, 1.807) is 18.2 Å². The number of hydrogen-bond acceptors (Lipinski definition) is 4. The maximum atomic E-state index is 12.6. The van der Waals surface area contributed by atoms with Gasteiger partial charge in [0, 0.05) is 18.0 Å². The molecule has 1 aliphatic rings. The van der Waals surface area contributed by atoms with E-state index in [4.69, 9.17) is 0 Å². The number of hydrogen-bond donors (Lipinski definition) is 1. The van der Waals surface area contributed by atoms with Crippen LogP contribution in [0.5, 0.6) is 0 Å². The van der Waals surface area contributed by atoms with E-state index < -0.39 is 9.84 Å². The Bertz CT molecular complexity index is 893. The highest BCUT2D eigenvalue weighted by molar-refractivity contribution is 7.90. The van der Waals surface area contributed by atoms with E-state index in [9.17, 15) is 13.2 Å². The van der Waals surface area contributed by atoms with Crippen molar-refractivity contribution in [3.8, 4) is 0 Å². The maximum Gasteiger partial charge on any atom is 0.243 e. The molecule has 132 valence electrons. The fraction of sp³-hybridized carbons (Fsp3) is 0.316. The van der Waals surface area contributed by atoms with Crippen molar-refractivity contribution in [3.63, 3.8) is 0 Å². The first kappa shape index (κ1) is 17.5. The van der Waals surface area contributed by atoms with E-state index in [1.807, 2.05) is 18.2 Å². The zero-order valence-corrected chi connectivity index (χ0v) is 15.2. The van der Waals surface area contributed by atoms with Gasteiger partial charge >= 0.3 is 0 Å². The Hall–Kier alpha value is -2.34. The number of aryl methyl sites for hydroxylation is 1. The number of nitrogens with one attached hydrogen (secondary N) is 1. The third-order valence-electron chi connectivity index (χ3n) is 4.54. The molecule has 0 unspecified atom stereocenters. The molecule has 1 atom stereocenters. The van der Waals surface area contributed by atoms with Crippen molar-refractivity contribution in [1.29, 1.82) is 0 Å². The van der Waals surface area contributed by atoms with Crippen LogP contribution in [-0.2, 0) is 21.1 Å². The standard InChI is InChI=1S/C19H22N2O3S/c1-14-11-12-15-7-3-5-9-17(15)21(14)13-19(22)20-16-8-4-6-10-18(16)25(2,23)24/h3-10,14H,11-13H2,1-2H3,(H,20,22)/t14-/m1/s1. The first-order valence-electron chi connectivity index (χ1n) is 8.30. The van der Waals surface area contributed by atoms with Gasteiger partial charge in [-0.25, -0.2) is 8.42 Å². The molecule has 0 saturated heterocycles. The smallest absolute Gasteiger partial charge is 0.243 e. The highest BCUT2D eigenvalue weighted by Crippen LogP contribution is 2.30. The van der Waals surface area contributed by atoms with Crippen LogP contribution >= 0.6 is 0 Å².